The van der Waals surface area contributed by atoms with Gasteiger partial charge in [-0.25, -0.2) is 0 Å². The summed E-state index contributed by atoms with van der Waals surface area (Å²) in [6.07, 6.45) is 3.82. The minimum absolute atomic E-state index is 0.0181. The zero-order chi connectivity index (χ0) is 17.7. The van der Waals surface area contributed by atoms with Crippen molar-refractivity contribution in [3.8, 4) is 0 Å². The number of amides is 2. The highest BCUT2D eigenvalue weighted by atomic mass is 16.2. The Bertz CT molecular complexity index is 446. The molecule has 5 heteroatoms. The van der Waals surface area contributed by atoms with Crippen molar-refractivity contribution >= 4 is 17.6 Å². The van der Waals surface area contributed by atoms with Crippen LogP contribution in [0.2, 0.25) is 0 Å². The fourth-order valence-corrected chi connectivity index (χ4v) is 2.15. The largest absolute Gasteiger partial charge is 0.356 e. The molecule has 0 spiro atoms. The molecular formula is C18H32N2O3. The van der Waals surface area contributed by atoms with E-state index < -0.39 is 5.41 Å². The van der Waals surface area contributed by atoms with Crippen LogP contribution >= 0.6 is 0 Å². The minimum atomic E-state index is -0.438. The third kappa shape index (κ3) is 8.72. The van der Waals surface area contributed by atoms with Crippen molar-refractivity contribution in [2.24, 2.45) is 16.7 Å². The van der Waals surface area contributed by atoms with E-state index in [2.05, 4.69) is 10.6 Å². The van der Waals surface area contributed by atoms with Gasteiger partial charge in [-0.1, -0.05) is 34.6 Å². The number of ketones is 1. The molecule has 0 atom stereocenters. The van der Waals surface area contributed by atoms with Gasteiger partial charge in [-0.15, -0.1) is 0 Å². The molecule has 0 bridgehead atoms. The highest BCUT2D eigenvalue weighted by Gasteiger charge is 2.26. The van der Waals surface area contributed by atoms with Gasteiger partial charge >= 0.3 is 0 Å². The normalized spacial score (nSPS) is 15.2. The molecule has 0 aromatic carbocycles. The molecule has 1 rings (SSSR count). The quantitative estimate of drug-likeness (QED) is 0.684. The van der Waals surface area contributed by atoms with Gasteiger partial charge in [0.25, 0.3) is 0 Å². The van der Waals surface area contributed by atoms with Crippen LogP contribution in [0, 0.1) is 16.7 Å². The Hall–Kier alpha value is -1.39. The average molecular weight is 324 g/mol. The lowest BCUT2D eigenvalue weighted by molar-refractivity contribution is -0.129. The van der Waals surface area contributed by atoms with Gasteiger partial charge in [-0.2, -0.15) is 0 Å². The molecule has 0 unspecified atom stereocenters. The van der Waals surface area contributed by atoms with E-state index in [4.69, 9.17) is 0 Å². The molecule has 132 valence electrons. The molecule has 1 aliphatic rings. The highest BCUT2D eigenvalue weighted by Crippen LogP contribution is 2.29. The van der Waals surface area contributed by atoms with E-state index in [9.17, 15) is 14.4 Å². The second-order valence-electron chi connectivity index (χ2n) is 8.54. The standard InChI is InChI=1S/C18H32N2O3/c1-17(2,3)14(21)12-20-15(22)8-9-18(4,5)10-16(23)19-11-13-6-7-13/h13H,6-12H2,1-5H3,(H,19,23)(H,20,22). The first kappa shape index (κ1) is 19.7. The van der Waals surface area contributed by atoms with Crippen molar-refractivity contribution in [1.29, 1.82) is 0 Å². The van der Waals surface area contributed by atoms with E-state index in [0.29, 0.717) is 25.2 Å². The SMILES string of the molecule is CC(C)(CCC(=O)NCC(=O)C(C)(C)C)CC(=O)NCC1CC1. The van der Waals surface area contributed by atoms with Crippen LogP contribution in [0.25, 0.3) is 0 Å². The number of nitrogens with one attached hydrogen (secondary N) is 2. The second kappa shape index (κ2) is 7.93. The molecule has 1 saturated carbocycles. The highest BCUT2D eigenvalue weighted by molar-refractivity contribution is 5.89. The maximum atomic E-state index is 11.9. The van der Waals surface area contributed by atoms with E-state index in [0.717, 1.165) is 6.54 Å². The Balaban J connectivity index is 2.23. The first-order valence-corrected chi connectivity index (χ1v) is 8.56. The summed E-state index contributed by atoms with van der Waals surface area (Å²) in [5, 5.41) is 5.64. The van der Waals surface area contributed by atoms with Gasteiger partial charge < -0.3 is 10.6 Å². The molecule has 1 aliphatic carbocycles. The lowest BCUT2D eigenvalue weighted by atomic mass is 9.84. The lowest BCUT2D eigenvalue weighted by Gasteiger charge is -2.24. The zero-order valence-corrected chi connectivity index (χ0v) is 15.3. The fraction of sp³-hybridized carbons (Fsp3) is 0.833. The van der Waals surface area contributed by atoms with E-state index in [1.165, 1.54) is 12.8 Å². The molecule has 2 N–H and O–H groups in total. The first-order chi connectivity index (χ1) is 10.5. The summed E-state index contributed by atoms with van der Waals surface area (Å²) in [7, 11) is 0. The number of rotatable bonds is 9. The number of carbonyl (C=O) groups is 3. The van der Waals surface area contributed by atoms with E-state index in [-0.39, 0.29) is 29.6 Å². The molecule has 2 amide bonds. The Morgan fingerprint density at radius 2 is 1.57 bits per heavy atom. The fourth-order valence-electron chi connectivity index (χ4n) is 2.15. The van der Waals surface area contributed by atoms with Gasteiger partial charge in [0.15, 0.2) is 5.78 Å². The average Bonchev–Trinajstić information content (AvgIpc) is 3.23. The van der Waals surface area contributed by atoms with Crippen LogP contribution in [0.3, 0.4) is 0 Å². The second-order valence-corrected chi connectivity index (χ2v) is 8.54. The Morgan fingerprint density at radius 3 is 2.09 bits per heavy atom. The monoisotopic (exact) mass is 324 g/mol. The van der Waals surface area contributed by atoms with Gasteiger partial charge in [-0.05, 0) is 30.6 Å². The van der Waals surface area contributed by atoms with Crippen LogP contribution in [0.15, 0.2) is 0 Å². The van der Waals surface area contributed by atoms with Crippen LogP contribution < -0.4 is 10.6 Å². The van der Waals surface area contributed by atoms with Gasteiger partial charge in [0.05, 0.1) is 6.54 Å². The molecule has 0 aromatic heterocycles. The predicted octanol–water partition coefficient (Wildman–Crippen LogP) is 2.44. The van der Waals surface area contributed by atoms with E-state index in [1.54, 1.807) is 0 Å². The topological polar surface area (TPSA) is 75.3 Å². The molecule has 0 radical (unpaired) electrons. The third-order valence-corrected chi connectivity index (χ3v) is 4.24. The van der Waals surface area contributed by atoms with Crippen LogP contribution in [-0.4, -0.2) is 30.7 Å². The predicted molar refractivity (Wildman–Crippen MR) is 90.8 cm³/mol. The smallest absolute Gasteiger partial charge is 0.220 e. The summed E-state index contributed by atoms with van der Waals surface area (Å²) in [6.45, 7) is 10.4. The van der Waals surface area contributed by atoms with Crippen molar-refractivity contribution in [1.82, 2.24) is 10.6 Å². The van der Waals surface area contributed by atoms with Crippen molar-refractivity contribution in [2.75, 3.05) is 13.1 Å². The maximum absolute atomic E-state index is 11.9. The molecule has 0 heterocycles. The Labute approximate surface area is 140 Å². The van der Waals surface area contributed by atoms with Gasteiger partial charge in [0.1, 0.15) is 0 Å². The van der Waals surface area contributed by atoms with E-state index in [1.807, 2.05) is 34.6 Å². The number of hydrogen-bond acceptors (Lipinski definition) is 3. The van der Waals surface area contributed by atoms with Gasteiger partial charge in [0, 0.05) is 24.8 Å². The van der Waals surface area contributed by atoms with E-state index >= 15 is 0 Å². The van der Waals surface area contributed by atoms with Crippen LogP contribution in [0.1, 0.15) is 66.7 Å². The van der Waals surface area contributed by atoms with Crippen molar-refractivity contribution in [2.45, 2.75) is 66.7 Å². The maximum Gasteiger partial charge on any atom is 0.220 e. The van der Waals surface area contributed by atoms with Crippen LogP contribution in [0.4, 0.5) is 0 Å². The molecule has 0 aromatic rings. The molecule has 0 saturated heterocycles. The van der Waals surface area contributed by atoms with Gasteiger partial charge in [0.2, 0.25) is 11.8 Å². The van der Waals surface area contributed by atoms with Crippen molar-refractivity contribution < 1.29 is 14.4 Å². The third-order valence-electron chi connectivity index (χ3n) is 4.24. The molecule has 23 heavy (non-hydrogen) atoms. The summed E-state index contributed by atoms with van der Waals surface area (Å²) >= 11 is 0. The van der Waals surface area contributed by atoms with Crippen LogP contribution in [0.5, 0.6) is 0 Å². The first-order valence-electron chi connectivity index (χ1n) is 8.56. The summed E-state index contributed by atoms with van der Waals surface area (Å²) in [5.74, 6) is 0.622. The summed E-state index contributed by atoms with van der Waals surface area (Å²) in [5.41, 5.74) is -0.662. The summed E-state index contributed by atoms with van der Waals surface area (Å²) in [4.78, 5) is 35.6. The Kier molecular flexibility index (Phi) is 6.78. The molecule has 0 aliphatic heterocycles. The summed E-state index contributed by atoms with van der Waals surface area (Å²) in [6, 6.07) is 0. The minimum Gasteiger partial charge on any atom is -0.356 e. The zero-order valence-electron chi connectivity index (χ0n) is 15.3. The van der Waals surface area contributed by atoms with Gasteiger partial charge in [-0.3, -0.25) is 14.4 Å². The molecule has 1 fully saturated rings. The Morgan fingerprint density at radius 1 is 0.957 bits per heavy atom. The number of carbonyl (C=O) groups excluding carboxylic acids is 3. The van der Waals surface area contributed by atoms with Crippen molar-refractivity contribution in [3.63, 3.8) is 0 Å². The van der Waals surface area contributed by atoms with Crippen LogP contribution in [-0.2, 0) is 14.4 Å². The van der Waals surface area contributed by atoms with Crippen molar-refractivity contribution in [3.05, 3.63) is 0 Å². The number of hydrogen-bond donors (Lipinski definition) is 2. The number of Topliss-reactive ketones (excluding diaryl/α,β-unsaturated/α-hetero) is 1. The molecule has 5 nitrogen and oxygen atoms in total. The summed E-state index contributed by atoms with van der Waals surface area (Å²) < 4.78 is 0. The molecular weight excluding hydrogens is 292 g/mol. The lowest BCUT2D eigenvalue weighted by Crippen LogP contribution is -2.36.